The number of amides is 1. The lowest BCUT2D eigenvalue weighted by molar-refractivity contribution is 0.0939. The summed E-state index contributed by atoms with van der Waals surface area (Å²) in [6.45, 7) is 2.42. The van der Waals surface area contributed by atoms with Crippen LogP contribution in [0.25, 0.3) is 11.2 Å². The highest BCUT2D eigenvalue weighted by molar-refractivity contribution is 5.91. The minimum atomic E-state index is -0.175. The zero-order valence-electron chi connectivity index (χ0n) is 13.6. The maximum Gasteiger partial charge on any atom is 0.271 e. The van der Waals surface area contributed by atoms with Crippen LogP contribution in [-0.2, 0) is 0 Å². The van der Waals surface area contributed by atoms with Gasteiger partial charge in [-0.25, -0.2) is 19.9 Å². The first-order valence-corrected chi connectivity index (χ1v) is 8.24. The van der Waals surface area contributed by atoms with Crippen molar-refractivity contribution in [3.8, 4) is 0 Å². The summed E-state index contributed by atoms with van der Waals surface area (Å²) >= 11 is 0. The number of hydrogen-bond donors (Lipinski definition) is 2. The van der Waals surface area contributed by atoms with E-state index < -0.39 is 0 Å². The van der Waals surface area contributed by atoms with E-state index in [4.69, 9.17) is 0 Å². The number of carbonyl (C=O) groups is 1. The van der Waals surface area contributed by atoms with Crippen molar-refractivity contribution >= 4 is 22.9 Å². The second kappa shape index (κ2) is 6.80. The minimum Gasteiger partial charge on any atom is -0.355 e. The van der Waals surface area contributed by atoms with Gasteiger partial charge in [-0.3, -0.25) is 9.78 Å². The monoisotopic (exact) mass is 338 g/mol. The van der Waals surface area contributed by atoms with Crippen LogP contribution in [-0.4, -0.2) is 55.4 Å². The maximum atomic E-state index is 12.0. The van der Waals surface area contributed by atoms with Crippen molar-refractivity contribution in [2.45, 2.75) is 12.8 Å². The number of rotatable bonds is 4. The van der Waals surface area contributed by atoms with E-state index in [9.17, 15) is 4.79 Å². The molecule has 1 aliphatic rings. The summed E-state index contributed by atoms with van der Waals surface area (Å²) in [5.74, 6) is 1.16. The van der Waals surface area contributed by atoms with Gasteiger partial charge in [-0.05, 0) is 18.8 Å². The lowest BCUT2D eigenvalue weighted by Crippen LogP contribution is -2.39. The van der Waals surface area contributed by atoms with E-state index in [1.165, 1.54) is 12.4 Å². The van der Waals surface area contributed by atoms with Gasteiger partial charge in [0.15, 0.2) is 11.5 Å². The SMILES string of the molecule is O=C(NCC1CCN(c2ncnc3nc[nH]c23)CC1)c1cnccn1. The topological polar surface area (TPSA) is 113 Å². The molecule has 0 radical (unpaired) electrons. The first-order chi connectivity index (χ1) is 12.3. The van der Waals surface area contributed by atoms with Gasteiger partial charge in [0.1, 0.15) is 17.5 Å². The highest BCUT2D eigenvalue weighted by Gasteiger charge is 2.23. The fourth-order valence-electron chi connectivity index (χ4n) is 3.08. The zero-order chi connectivity index (χ0) is 17.1. The molecule has 0 bridgehead atoms. The fraction of sp³-hybridized carbons (Fsp3) is 0.375. The number of nitrogens with one attached hydrogen (secondary N) is 2. The third kappa shape index (κ3) is 3.25. The molecular weight excluding hydrogens is 320 g/mol. The minimum absolute atomic E-state index is 0.175. The Morgan fingerprint density at radius 1 is 1.20 bits per heavy atom. The van der Waals surface area contributed by atoms with Crippen molar-refractivity contribution < 1.29 is 4.79 Å². The summed E-state index contributed by atoms with van der Waals surface area (Å²) < 4.78 is 0. The molecule has 25 heavy (non-hydrogen) atoms. The number of carbonyl (C=O) groups excluding carboxylic acids is 1. The molecule has 1 saturated heterocycles. The van der Waals surface area contributed by atoms with Crippen LogP contribution in [0.4, 0.5) is 5.82 Å². The summed E-state index contributed by atoms with van der Waals surface area (Å²) in [6.07, 6.45) is 9.70. The van der Waals surface area contributed by atoms with Crippen LogP contribution in [0.1, 0.15) is 23.3 Å². The molecule has 128 valence electrons. The normalized spacial score (nSPS) is 15.4. The highest BCUT2D eigenvalue weighted by atomic mass is 16.1. The molecule has 1 amide bonds. The molecule has 0 aliphatic carbocycles. The van der Waals surface area contributed by atoms with Crippen molar-refractivity contribution in [2.75, 3.05) is 24.5 Å². The first-order valence-electron chi connectivity index (χ1n) is 8.24. The summed E-state index contributed by atoms with van der Waals surface area (Å²) in [6, 6.07) is 0. The summed E-state index contributed by atoms with van der Waals surface area (Å²) in [5, 5.41) is 2.95. The molecule has 0 atom stereocenters. The Labute approximate surface area is 143 Å². The van der Waals surface area contributed by atoms with Gasteiger partial charge in [-0.15, -0.1) is 0 Å². The quantitative estimate of drug-likeness (QED) is 0.723. The third-order valence-corrected chi connectivity index (χ3v) is 4.46. The van der Waals surface area contributed by atoms with E-state index in [-0.39, 0.29) is 5.91 Å². The predicted octanol–water partition coefficient (Wildman–Crippen LogP) is 0.789. The van der Waals surface area contributed by atoms with Gasteiger partial charge in [0, 0.05) is 32.0 Å². The molecule has 1 fully saturated rings. The standard InChI is InChI=1S/C16H18N8O/c25-16(12-8-17-3-4-18-12)19-7-11-1-5-24(6-2-11)15-13-14(21-9-20-13)22-10-23-15/h3-4,8-11H,1-2,5-7H2,(H,19,25)(H,20,21,22,23). The van der Waals surface area contributed by atoms with Gasteiger partial charge in [0.05, 0.1) is 12.5 Å². The average molecular weight is 338 g/mol. The van der Waals surface area contributed by atoms with E-state index in [1.54, 1.807) is 18.9 Å². The Kier molecular flexibility index (Phi) is 4.19. The molecule has 0 aromatic carbocycles. The van der Waals surface area contributed by atoms with Crippen LogP contribution >= 0.6 is 0 Å². The fourth-order valence-corrected chi connectivity index (χ4v) is 3.08. The molecule has 1 aliphatic heterocycles. The van der Waals surface area contributed by atoms with Crippen LogP contribution in [0.15, 0.2) is 31.2 Å². The number of aromatic amines is 1. The number of piperidine rings is 1. The van der Waals surface area contributed by atoms with E-state index in [2.05, 4.69) is 40.1 Å². The zero-order valence-corrected chi connectivity index (χ0v) is 13.6. The number of nitrogens with zero attached hydrogens (tertiary/aromatic N) is 6. The van der Waals surface area contributed by atoms with Crippen LogP contribution in [0.2, 0.25) is 0 Å². The molecule has 0 spiro atoms. The van der Waals surface area contributed by atoms with E-state index >= 15 is 0 Å². The lowest BCUT2D eigenvalue weighted by Gasteiger charge is -2.32. The summed E-state index contributed by atoms with van der Waals surface area (Å²) in [5.41, 5.74) is 1.91. The molecule has 2 N–H and O–H groups in total. The molecule has 9 nitrogen and oxygen atoms in total. The van der Waals surface area contributed by atoms with Crippen molar-refractivity contribution in [1.29, 1.82) is 0 Å². The summed E-state index contributed by atoms with van der Waals surface area (Å²) in [4.78, 5) is 38.0. The smallest absolute Gasteiger partial charge is 0.271 e. The van der Waals surface area contributed by atoms with Crippen molar-refractivity contribution in [1.82, 2.24) is 35.2 Å². The Morgan fingerprint density at radius 3 is 2.88 bits per heavy atom. The average Bonchev–Trinajstić information content (AvgIpc) is 3.16. The first kappa shape index (κ1) is 15.4. The van der Waals surface area contributed by atoms with Crippen molar-refractivity contribution in [2.24, 2.45) is 5.92 Å². The van der Waals surface area contributed by atoms with Gasteiger partial charge in [-0.2, -0.15) is 0 Å². The van der Waals surface area contributed by atoms with Crippen LogP contribution < -0.4 is 10.2 Å². The number of fused-ring (bicyclic) bond motifs is 1. The number of hydrogen-bond acceptors (Lipinski definition) is 7. The van der Waals surface area contributed by atoms with E-state index in [1.807, 2.05) is 0 Å². The largest absolute Gasteiger partial charge is 0.355 e. The van der Waals surface area contributed by atoms with Gasteiger partial charge in [-0.1, -0.05) is 0 Å². The van der Waals surface area contributed by atoms with Gasteiger partial charge in [0.25, 0.3) is 5.91 Å². The van der Waals surface area contributed by atoms with E-state index in [0.29, 0.717) is 23.8 Å². The lowest BCUT2D eigenvalue weighted by atomic mass is 9.96. The molecule has 4 rings (SSSR count). The predicted molar refractivity (Wildman–Crippen MR) is 91.0 cm³/mol. The molecule has 3 aromatic rings. The maximum absolute atomic E-state index is 12.0. The van der Waals surface area contributed by atoms with Crippen LogP contribution in [0, 0.1) is 5.92 Å². The summed E-state index contributed by atoms with van der Waals surface area (Å²) in [7, 11) is 0. The van der Waals surface area contributed by atoms with Crippen LogP contribution in [0.3, 0.4) is 0 Å². The number of imidazole rings is 1. The van der Waals surface area contributed by atoms with Gasteiger partial charge < -0.3 is 15.2 Å². The molecule has 3 aromatic heterocycles. The Bertz CT molecular complexity index is 857. The van der Waals surface area contributed by atoms with Crippen molar-refractivity contribution in [3.63, 3.8) is 0 Å². The van der Waals surface area contributed by atoms with Gasteiger partial charge >= 0.3 is 0 Å². The Balaban J connectivity index is 1.33. The van der Waals surface area contributed by atoms with Crippen LogP contribution in [0.5, 0.6) is 0 Å². The molecule has 9 heteroatoms. The third-order valence-electron chi connectivity index (χ3n) is 4.46. The number of H-pyrrole nitrogens is 1. The Hall–Kier alpha value is -3.10. The van der Waals surface area contributed by atoms with E-state index in [0.717, 1.165) is 37.3 Å². The second-order valence-corrected chi connectivity index (χ2v) is 6.03. The molecule has 0 saturated carbocycles. The number of aromatic nitrogens is 6. The number of anilines is 1. The van der Waals surface area contributed by atoms with Crippen molar-refractivity contribution in [3.05, 3.63) is 36.9 Å². The molecular formula is C16H18N8O. The second-order valence-electron chi connectivity index (χ2n) is 6.03. The molecule has 4 heterocycles. The Morgan fingerprint density at radius 2 is 2.08 bits per heavy atom. The van der Waals surface area contributed by atoms with Gasteiger partial charge in [0.2, 0.25) is 0 Å². The molecule has 0 unspecified atom stereocenters. The highest BCUT2D eigenvalue weighted by Crippen LogP contribution is 2.25.